The topological polar surface area (TPSA) is 80.8 Å². The maximum atomic E-state index is 10.7. The summed E-state index contributed by atoms with van der Waals surface area (Å²) in [6.07, 6.45) is 0.262. The fraction of sp³-hybridized carbons (Fsp3) is 0.400. The highest BCUT2D eigenvalue weighted by molar-refractivity contribution is 6.37. The molecule has 1 aromatic heterocycles. The number of carbonyl (C=O) groups is 1. The molecule has 0 unspecified atom stereocenters. The number of benzene rings is 1. The molecule has 0 atom stereocenters. The summed E-state index contributed by atoms with van der Waals surface area (Å²) in [6, 6.07) is 3.18. The van der Waals surface area contributed by atoms with E-state index in [-0.39, 0.29) is 16.4 Å². The van der Waals surface area contributed by atoms with Gasteiger partial charge in [0.2, 0.25) is 0 Å². The maximum absolute atomic E-state index is 10.7. The molecule has 0 aliphatic rings. The van der Waals surface area contributed by atoms with Gasteiger partial charge in [-0.3, -0.25) is 0 Å². The van der Waals surface area contributed by atoms with Crippen LogP contribution in [0, 0.1) is 0 Å². The minimum absolute atomic E-state index is 0.0352. The second-order valence-electron chi connectivity index (χ2n) is 5.63. The van der Waals surface area contributed by atoms with E-state index in [1.807, 2.05) is 20.8 Å². The molecule has 0 bridgehead atoms. The van der Waals surface area contributed by atoms with Gasteiger partial charge in [-0.15, -0.1) is 0 Å². The Kier molecular flexibility index (Phi) is 4.83. The van der Waals surface area contributed by atoms with Gasteiger partial charge < -0.3 is 24.3 Å². The monoisotopic (exact) mass is 327 g/mol. The number of hydrogen-bond donors (Lipinski definition) is 2. The van der Waals surface area contributed by atoms with Gasteiger partial charge >= 0.3 is 6.16 Å². The van der Waals surface area contributed by atoms with E-state index in [0.717, 1.165) is 0 Å². The van der Waals surface area contributed by atoms with Gasteiger partial charge in [-0.1, -0.05) is 11.6 Å². The molecule has 22 heavy (non-hydrogen) atoms. The zero-order chi connectivity index (χ0) is 16.3. The minimum Gasteiger partial charge on any atom is -0.489 e. The second-order valence-corrected chi connectivity index (χ2v) is 6.01. The number of rotatable bonds is 5. The number of ether oxygens (including phenoxy) is 3. The van der Waals surface area contributed by atoms with Crippen molar-refractivity contribution in [3.8, 4) is 11.5 Å². The van der Waals surface area contributed by atoms with Crippen LogP contribution >= 0.6 is 11.6 Å². The lowest BCUT2D eigenvalue weighted by Gasteiger charge is -2.19. The van der Waals surface area contributed by atoms with Crippen molar-refractivity contribution in [1.82, 2.24) is 4.98 Å². The molecule has 2 N–H and O–H groups in total. The normalized spacial score (nSPS) is 11.6. The molecular weight excluding hydrogens is 310 g/mol. The summed E-state index contributed by atoms with van der Waals surface area (Å²) in [5.74, 6) is 0.492. The van der Waals surface area contributed by atoms with Crippen molar-refractivity contribution in [3.63, 3.8) is 0 Å². The van der Waals surface area contributed by atoms with Gasteiger partial charge in [-0.05, 0) is 26.8 Å². The molecule has 7 heteroatoms. The maximum Gasteiger partial charge on any atom is 0.511 e. The van der Waals surface area contributed by atoms with Gasteiger partial charge in [-0.25, -0.2) is 4.79 Å². The van der Waals surface area contributed by atoms with Gasteiger partial charge in [0, 0.05) is 17.6 Å². The third-order valence-corrected chi connectivity index (χ3v) is 3.17. The van der Waals surface area contributed by atoms with Crippen LogP contribution in [0.4, 0.5) is 4.79 Å². The van der Waals surface area contributed by atoms with Crippen LogP contribution in [0.15, 0.2) is 18.3 Å². The van der Waals surface area contributed by atoms with Crippen LogP contribution in [-0.2, 0) is 4.74 Å². The third-order valence-electron chi connectivity index (χ3n) is 2.78. The molecule has 2 rings (SSSR count). The average molecular weight is 328 g/mol. The summed E-state index contributed by atoms with van der Waals surface area (Å²) in [5.41, 5.74) is 0.432. The number of H-pyrrole nitrogens is 1. The number of aromatic amines is 1. The zero-order valence-corrected chi connectivity index (χ0v) is 13.4. The van der Waals surface area contributed by atoms with Crippen LogP contribution < -0.4 is 9.47 Å². The summed E-state index contributed by atoms with van der Waals surface area (Å²) >= 11 is 6.13. The molecule has 0 fully saturated rings. The molecule has 0 saturated heterocycles. The molecule has 0 aliphatic carbocycles. The van der Waals surface area contributed by atoms with E-state index in [1.165, 1.54) is 6.07 Å². The fourth-order valence-corrected chi connectivity index (χ4v) is 2.18. The number of fused-ring (bicyclic) bond motifs is 1. The molecular formula is C15H18ClNO5. The van der Waals surface area contributed by atoms with E-state index >= 15 is 0 Å². The molecule has 0 amide bonds. The van der Waals surface area contributed by atoms with Gasteiger partial charge in [-0.2, -0.15) is 0 Å². The van der Waals surface area contributed by atoms with E-state index in [1.54, 1.807) is 12.3 Å². The van der Waals surface area contributed by atoms with Crippen molar-refractivity contribution in [3.05, 3.63) is 23.4 Å². The van der Waals surface area contributed by atoms with Crippen LogP contribution in [-0.4, -0.2) is 35.1 Å². The van der Waals surface area contributed by atoms with E-state index < -0.39 is 6.16 Å². The predicted octanol–water partition coefficient (Wildman–Crippen LogP) is 4.07. The quantitative estimate of drug-likeness (QED) is 0.491. The average Bonchev–Trinajstić information content (AvgIpc) is 2.87. The summed E-state index contributed by atoms with van der Waals surface area (Å²) < 4.78 is 15.9. The Morgan fingerprint density at radius 2 is 2.05 bits per heavy atom. The van der Waals surface area contributed by atoms with Crippen LogP contribution in [0.25, 0.3) is 10.9 Å². The van der Waals surface area contributed by atoms with Gasteiger partial charge in [0.25, 0.3) is 0 Å². The molecule has 1 aromatic carbocycles. The summed E-state index contributed by atoms with van der Waals surface area (Å²) in [6.45, 7) is 6.59. The van der Waals surface area contributed by atoms with E-state index in [2.05, 4.69) is 9.72 Å². The highest BCUT2D eigenvalue weighted by Crippen LogP contribution is 2.38. The van der Waals surface area contributed by atoms with Crippen molar-refractivity contribution in [2.75, 3.05) is 13.2 Å². The molecule has 120 valence electrons. The smallest absolute Gasteiger partial charge is 0.489 e. The summed E-state index contributed by atoms with van der Waals surface area (Å²) in [4.78, 5) is 13.7. The summed E-state index contributed by atoms with van der Waals surface area (Å²) in [7, 11) is 0. The van der Waals surface area contributed by atoms with Crippen molar-refractivity contribution in [2.24, 2.45) is 0 Å². The molecule has 1 heterocycles. The van der Waals surface area contributed by atoms with E-state index in [0.29, 0.717) is 29.9 Å². The first-order chi connectivity index (χ1) is 10.3. The largest absolute Gasteiger partial charge is 0.511 e. The predicted molar refractivity (Wildman–Crippen MR) is 83.2 cm³/mol. The van der Waals surface area contributed by atoms with Gasteiger partial charge in [0.1, 0.15) is 12.4 Å². The van der Waals surface area contributed by atoms with Crippen LogP contribution in [0.1, 0.15) is 20.8 Å². The SMILES string of the molecule is CC(C)(C)OCCOc1cc(OC(=O)O)c(Cl)c2cc[nH]c12. The number of halogens is 1. The lowest BCUT2D eigenvalue weighted by atomic mass is 10.2. The Labute approximate surface area is 132 Å². The van der Waals surface area contributed by atoms with Gasteiger partial charge in [0.15, 0.2) is 5.75 Å². The highest BCUT2D eigenvalue weighted by atomic mass is 35.5. The lowest BCUT2D eigenvalue weighted by molar-refractivity contribution is -0.0161. The van der Waals surface area contributed by atoms with Crippen molar-refractivity contribution < 1.29 is 24.1 Å². The van der Waals surface area contributed by atoms with Crippen molar-refractivity contribution in [2.45, 2.75) is 26.4 Å². The molecule has 2 aromatic rings. The first-order valence-corrected chi connectivity index (χ1v) is 7.13. The number of carboxylic acid groups (broad SMARTS) is 1. The van der Waals surface area contributed by atoms with Crippen LogP contribution in [0.3, 0.4) is 0 Å². The lowest BCUT2D eigenvalue weighted by Crippen LogP contribution is -2.22. The second kappa shape index (κ2) is 6.46. The molecule has 0 radical (unpaired) electrons. The van der Waals surface area contributed by atoms with E-state index in [9.17, 15) is 4.79 Å². The van der Waals surface area contributed by atoms with Crippen molar-refractivity contribution in [1.29, 1.82) is 0 Å². The molecule has 0 spiro atoms. The van der Waals surface area contributed by atoms with Crippen molar-refractivity contribution >= 4 is 28.7 Å². The molecule has 0 saturated carbocycles. The zero-order valence-electron chi connectivity index (χ0n) is 12.6. The Balaban J connectivity index is 2.19. The Bertz CT molecular complexity index is 674. The third kappa shape index (κ3) is 4.05. The first-order valence-electron chi connectivity index (χ1n) is 6.75. The Morgan fingerprint density at radius 1 is 1.32 bits per heavy atom. The van der Waals surface area contributed by atoms with Crippen LogP contribution in [0.5, 0.6) is 11.5 Å². The van der Waals surface area contributed by atoms with E-state index in [4.69, 9.17) is 26.2 Å². The summed E-state index contributed by atoms with van der Waals surface area (Å²) in [5, 5.41) is 9.61. The number of aromatic nitrogens is 1. The Hall–Kier alpha value is -1.92. The number of nitrogens with one attached hydrogen (secondary N) is 1. The molecule has 6 nitrogen and oxygen atoms in total. The Morgan fingerprint density at radius 3 is 2.68 bits per heavy atom. The highest BCUT2D eigenvalue weighted by Gasteiger charge is 2.16. The fourth-order valence-electron chi connectivity index (χ4n) is 1.93. The standard InChI is InChI=1S/C15H18ClNO5/c1-15(2,3)21-7-6-20-11-8-10(22-14(18)19)12(16)9-4-5-17-13(9)11/h4-5,8,17H,6-7H2,1-3H3,(H,18,19). The number of hydrogen-bond acceptors (Lipinski definition) is 4. The van der Waals surface area contributed by atoms with Gasteiger partial charge in [0.05, 0.1) is 22.7 Å². The van der Waals surface area contributed by atoms with Crippen LogP contribution in [0.2, 0.25) is 5.02 Å². The first kappa shape index (κ1) is 16.5. The minimum atomic E-state index is -1.43. The molecule has 0 aliphatic heterocycles.